The van der Waals surface area contributed by atoms with Gasteiger partial charge in [0, 0.05) is 61.8 Å². The van der Waals surface area contributed by atoms with Gasteiger partial charge in [0.05, 0.1) is 6.20 Å². The molecule has 2 aromatic heterocycles. The zero-order chi connectivity index (χ0) is 18.8. The minimum atomic E-state index is 0.621. The van der Waals surface area contributed by atoms with E-state index >= 15 is 0 Å². The van der Waals surface area contributed by atoms with Gasteiger partial charge in [-0.3, -0.25) is 9.80 Å². The van der Waals surface area contributed by atoms with Crippen LogP contribution >= 0.6 is 0 Å². The van der Waals surface area contributed by atoms with Gasteiger partial charge in [-0.25, -0.2) is 9.50 Å². The van der Waals surface area contributed by atoms with Crippen LogP contribution < -0.4 is 0 Å². The molecule has 1 aromatic carbocycles. The van der Waals surface area contributed by atoms with Crippen molar-refractivity contribution in [2.24, 2.45) is 0 Å². The average Bonchev–Trinajstić information content (AvgIpc) is 3.11. The highest BCUT2D eigenvalue weighted by Gasteiger charge is 2.27. The van der Waals surface area contributed by atoms with Gasteiger partial charge in [0.1, 0.15) is 0 Å². The predicted octanol–water partition coefficient (Wildman–Crippen LogP) is 3.70. The van der Waals surface area contributed by atoms with Crippen molar-refractivity contribution in [3.63, 3.8) is 0 Å². The summed E-state index contributed by atoms with van der Waals surface area (Å²) < 4.78 is 1.92. The quantitative estimate of drug-likeness (QED) is 0.693. The number of hydrogen-bond donors (Lipinski definition) is 0. The molecule has 4 rings (SSSR count). The summed E-state index contributed by atoms with van der Waals surface area (Å²) in [5.41, 5.74) is 4.38. The van der Waals surface area contributed by atoms with E-state index in [9.17, 15) is 0 Å². The topological polar surface area (TPSA) is 36.7 Å². The van der Waals surface area contributed by atoms with Crippen LogP contribution in [0.5, 0.6) is 0 Å². The number of nitrogens with zero attached hydrogens (tertiary/aromatic N) is 5. The number of rotatable bonds is 5. The van der Waals surface area contributed by atoms with Gasteiger partial charge in [0.2, 0.25) is 0 Å². The Bertz CT molecular complexity index is 886. The van der Waals surface area contributed by atoms with Gasteiger partial charge < -0.3 is 0 Å². The van der Waals surface area contributed by atoms with Crippen LogP contribution in [-0.2, 0) is 6.54 Å². The molecule has 1 aliphatic rings. The molecular formula is C22H29N5. The van der Waals surface area contributed by atoms with Gasteiger partial charge in [0.25, 0.3) is 0 Å². The summed E-state index contributed by atoms with van der Waals surface area (Å²) >= 11 is 0. The molecule has 0 aliphatic carbocycles. The Morgan fingerprint density at radius 3 is 2.67 bits per heavy atom. The van der Waals surface area contributed by atoms with Crippen LogP contribution in [0.2, 0.25) is 0 Å². The third-order valence-electron chi connectivity index (χ3n) is 5.65. The van der Waals surface area contributed by atoms with Gasteiger partial charge in [-0.1, -0.05) is 37.3 Å². The molecule has 0 saturated carbocycles. The van der Waals surface area contributed by atoms with Gasteiger partial charge in [0.15, 0.2) is 5.65 Å². The Hall–Kier alpha value is -2.24. The Kier molecular flexibility index (Phi) is 5.23. The Morgan fingerprint density at radius 1 is 1.11 bits per heavy atom. The lowest BCUT2D eigenvalue weighted by Crippen LogP contribution is -2.54. The number of hydrogen-bond acceptors (Lipinski definition) is 4. The zero-order valence-electron chi connectivity index (χ0n) is 16.5. The number of piperazine rings is 1. The summed E-state index contributed by atoms with van der Waals surface area (Å²) in [7, 11) is 0. The SMILES string of the molecule is CC[C@@H]1CN(Cc2cnc3c(-c4ccccc4)cnn3c2)CCN1C(C)C. The van der Waals surface area contributed by atoms with Crippen LogP contribution in [-0.4, -0.2) is 56.1 Å². The van der Waals surface area contributed by atoms with Gasteiger partial charge in [-0.05, 0) is 25.8 Å². The van der Waals surface area contributed by atoms with E-state index in [-0.39, 0.29) is 0 Å². The first-order chi connectivity index (χ1) is 13.2. The molecule has 27 heavy (non-hydrogen) atoms. The maximum absolute atomic E-state index is 4.73. The lowest BCUT2D eigenvalue weighted by Gasteiger charge is -2.43. The summed E-state index contributed by atoms with van der Waals surface area (Å²) in [4.78, 5) is 9.92. The third kappa shape index (κ3) is 3.75. The molecule has 0 bridgehead atoms. The molecule has 0 unspecified atom stereocenters. The zero-order valence-corrected chi connectivity index (χ0v) is 16.5. The maximum Gasteiger partial charge on any atom is 0.162 e. The minimum Gasteiger partial charge on any atom is -0.296 e. The monoisotopic (exact) mass is 363 g/mol. The fraction of sp³-hybridized carbons (Fsp3) is 0.455. The van der Waals surface area contributed by atoms with E-state index in [1.807, 2.05) is 35.1 Å². The Balaban J connectivity index is 1.51. The smallest absolute Gasteiger partial charge is 0.162 e. The van der Waals surface area contributed by atoms with E-state index < -0.39 is 0 Å². The molecule has 3 aromatic rings. The molecule has 5 nitrogen and oxygen atoms in total. The summed E-state index contributed by atoms with van der Waals surface area (Å²) in [5, 5.41) is 4.54. The first kappa shape index (κ1) is 18.1. The van der Waals surface area contributed by atoms with Crippen LogP contribution in [0.4, 0.5) is 0 Å². The average molecular weight is 364 g/mol. The minimum absolute atomic E-state index is 0.621. The molecular weight excluding hydrogens is 334 g/mol. The normalized spacial score (nSPS) is 19.2. The largest absolute Gasteiger partial charge is 0.296 e. The molecule has 5 heteroatoms. The summed E-state index contributed by atoms with van der Waals surface area (Å²) in [6.45, 7) is 11.2. The lowest BCUT2D eigenvalue weighted by molar-refractivity contribution is 0.0455. The highest BCUT2D eigenvalue weighted by Crippen LogP contribution is 2.23. The van der Waals surface area contributed by atoms with E-state index in [4.69, 9.17) is 4.98 Å². The van der Waals surface area contributed by atoms with Crippen LogP contribution in [0, 0.1) is 0 Å². The Labute approximate surface area is 161 Å². The molecule has 0 N–H and O–H groups in total. The van der Waals surface area contributed by atoms with E-state index in [2.05, 4.69) is 54.0 Å². The van der Waals surface area contributed by atoms with Crippen molar-refractivity contribution in [3.8, 4) is 11.1 Å². The molecule has 3 heterocycles. The lowest BCUT2D eigenvalue weighted by atomic mass is 10.1. The fourth-order valence-corrected chi connectivity index (χ4v) is 4.20. The van der Waals surface area contributed by atoms with Crippen molar-refractivity contribution in [3.05, 3.63) is 54.5 Å². The van der Waals surface area contributed by atoms with Gasteiger partial charge in [-0.15, -0.1) is 0 Å². The van der Waals surface area contributed by atoms with Crippen molar-refractivity contribution in [2.75, 3.05) is 19.6 Å². The predicted molar refractivity (Wildman–Crippen MR) is 110 cm³/mol. The molecule has 0 spiro atoms. The van der Waals surface area contributed by atoms with E-state index in [0.29, 0.717) is 12.1 Å². The molecule has 142 valence electrons. The van der Waals surface area contributed by atoms with Crippen molar-refractivity contribution < 1.29 is 0 Å². The van der Waals surface area contributed by atoms with Crippen LogP contribution in [0.3, 0.4) is 0 Å². The molecule has 1 aliphatic heterocycles. The third-order valence-corrected chi connectivity index (χ3v) is 5.65. The van der Waals surface area contributed by atoms with E-state index in [0.717, 1.165) is 43.0 Å². The second-order valence-corrected chi connectivity index (χ2v) is 7.78. The van der Waals surface area contributed by atoms with Crippen LogP contribution in [0.15, 0.2) is 48.9 Å². The maximum atomic E-state index is 4.73. The van der Waals surface area contributed by atoms with E-state index in [1.165, 1.54) is 12.0 Å². The van der Waals surface area contributed by atoms with Gasteiger partial charge >= 0.3 is 0 Å². The molecule has 0 radical (unpaired) electrons. The number of aromatic nitrogens is 3. The first-order valence-electron chi connectivity index (χ1n) is 10.0. The van der Waals surface area contributed by atoms with Crippen molar-refractivity contribution in [1.29, 1.82) is 0 Å². The highest BCUT2D eigenvalue weighted by molar-refractivity contribution is 5.76. The summed E-state index contributed by atoms with van der Waals surface area (Å²) in [6.07, 6.45) is 7.26. The van der Waals surface area contributed by atoms with Crippen molar-refractivity contribution in [1.82, 2.24) is 24.4 Å². The molecule has 1 saturated heterocycles. The Morgan fingerprint density at radius 2 is 1.93 bits per heavy atom. The molecule has 1 atom stereocenters. The van der Waals surface area contributed by atoms with E-state index in [1.54, 1.807) is 0 Å². The molecule has 1 fully saturated rings. The second-order valence-electron chi connectivity index (χ2n) is 7.78. The highest BCUT2D eigenvalue weighted by atomic mass is 15.3. The second kappa shape index (κ2) is 7.79. The first-order valence-corrected chi connectivity index (χ1v) is 10.0. The summed E-state index contributed by atoms with van der Waals surface area (Å²) in [5.74, 6) is 0. The van der Waals surface area contributed by atoms with Crippen molar-refractivity contribution >= 4 is 5.65 Å². The summed E-state index contributed by atoms with van der Waals surface area (Å²) in [6, 6.07) is 11.6. The van der Waals surface area contributed by atoms with Crippen LogP contribution in [0.25, 0.3) is 16.8 Å². The number of fused-ring (bicyclic) bond motifs is 1. The van der Waals surface area contributed by atoms with Crippen LogP contribution in [0.1, 0.15) is 32.8 Å². The molecule has 0 amide bonds. The number of benzene rings is 1. The fourth-order valence-electron chi connectivity index (χ4n) is 4.20. The van der Waals surface area contributed by atoms with Gasteiger partial charge in [-0.2, -0.15) is 5.10 Å². The standard InChI is InChI=1S/C22H29N5/c1-4-20-16-25(10-11-26(20)17(2)3)14-18-12-23-22-21(13-24-27(22)15-18)19-8-6-5-7-9-19/h5-9,12-13,15,17,20H,4,10-11,14,16H2,1-3H3/t20-/m1/s1. The van der Waals surface area contributed by atoms with Crippen molar-refractivity contribution in [2.45, 2.75) is 45.8 Å².